The van der Waals surface area contributed by atoms with Crippen LogP contribution in [-0.2, 0) is 4.79 Å². The molecule has 3 N–H and O–H groups in total. The summed E-state index contributed by atoms with van der Waals surface area (Å²) in [6.45, 7) is 6.91. The summed E-state index contributed by atoms with van der Waals surface area (Å²) >= 11 is 0. The molecule has 0 saturated carbocycles. The van der Waals surface area contributed by atoms with Gasteiger partial charge in [-0.2, -0.15) is 0 Å². The summed E-state index contributed by atoms with van der Waals surface area (Å²) in [4.78, 5) is 27.8. The van der Waals surface area contributed by atoms with E-state index in [1.165, 1.54) is 0 Å². The minimum atomic E-state index is -0.223. The number of amides is 2. The van der Waals surface area contributed by atoms with Crippen LogP contribution in [0.15, 0.2) is 18.3 Å². The fraction of sp³-hybridized carbons (Fsp3) is 0.533. The summed E-state index contributed by atoms with van der Waals surface area (Å²) in [5, 5.41) is 8.64. The Kier molecular flexibility index (Phi) is 7.21. The molecule has 1 aromatic rings. The van der Waals surface area contributed by atoms with Crippen molar-refractivity contribution < 1.29 is 9.59 Å². The van der Waals surface area contributed by atoms with E-state index in [0.717, 1.165) is 13.0 Å². The summed E-state index contributed by atoms with van der Waals surface area (Å²) < 4.78 is 0. The van der Waals surface area contributed by atoms with Crippen LogP contribution in [-0.4, -0.2) is 35.9 Å². The third-order valence-corrected chi connectivity index (χ3v) is 2.68. The zero-order valence-electron chi connectivity index (χ0n) is 12.9. The van der Waals surface area contributed by atoms with Gasteiger partial charge in [0.1, 0.15) is 5.82 Å². The highest BCUT2D eigenvalue weighted by Gasteiger charge is 2.12. The largest absolute Gasteiger partial charge is 0.369 e. The Bertz CT molecular complexity index is 474. The third-order valence-electron chi connectivity index (χ3n) is 2.68. The van der Waals surface area contributed by atoms with E-state index in [9.17, 15) is 9.59 Å². The van der Waals surface area contributed by atoms with Crippen molar-refractivity contribution in [3.63, 3.8) is 0 Å². The average Bonchev–Trinajstić information content (AvgIpc) is 2.44. The number of nitrogens with zero attached hydrogens (tertiary/aromatic N) is 1. The van der Waals surface area contributed by atoms with Crippen molar-refractivity contribution in [3.8, 4) is 0 Å². The van der Waals surface area contributed by atoms with Gasteiger partial charge >= 0.3 is 0 Å². The van der Waals surface area contributed by atoms with Crippen LogP contribution in [0.4, 0.5) is 5.82 Å². The molecule has 0 aliphatic carbocycles. The maximum atomic E-state index is 12.1. The first-order valence-corrected chi connectivity index (χ1v) is 7.31. The normalized spacial score (nSPS) is 10.3. The molecular formula is C15H24N4O2. The summed E-state index contributed by atoms with van der Waals surface area (Å²) in [6, 6.07) is 3.54. The smallest absolute Gasteiger partial charge is 0.255 e. The highest BCUT2D eigenvalue weighted by Crippen LogP contribution is 2.11. The lowest BCUT2D eigenvalue weighted by atomic mass is 10.2. The molecule has 0 unspecified atom stereocenters. The molecule has 0 atom stereocenters. The highest BCUT2D eigenvalue weighted by molar-refractivity contribution is 5.98. The zero-order chi connectivity index (χ0) is 15.7. The fourth-order valence-corrected chi connectivity index (χ4v) is 1.75. The minimum Gasteiger partial charge on any atom is -0.369 e. The number of hydrogen-bond acceptors (Lipinski definition) is 4. The van der Waals surface area contributed by atoms with Crippen LogP contribution in [0, 0.1) is 0 Å². The lowest BCUT2D eigenvalue weighted by molar-refractivity contribution is -0.121. The fourth-order valence-electron chi connectivity index (χ4n) is 1.75. The summed E-state index contributed by atoms with van der Waals surface area (Å²) in [7, 11) is 0. The van der Waals surface area contributed by atoms with Gasteiger partial charge in [-0.15, -0.1) is 0 Å². The van der Waals surface area contributed by atoms with E-state index in [4.69, 9.17) is 0 Å². The Morgan fingerprint density at radius 2 is 2.05 bits per heavy atom. The lowest BCUT2D eigenvalue weighted by Gasteiger charge is -2.11. The molecule has 0 fully saturated rings. The number of aromatic nitrogens is 1. The number of pyridine rings is 1. The SMILES string of the molecule is CCCNc1ncccc1C(=O)NCCC(=O)NC(C)C. The molecule has 0 radical (unpaired) electrons. The first kappa shape index (κ1) is 16.9. The molecule has 1 aromatic heterocycles. The molecule has 0 spiro atoms. The van der Waals surface area contributed by atoms with Gasteiger partial charge in [0, 0.05) is 31.7 Å². The minimum absolute atomic E-state index is 0.0687. The number of rotatable bonds is 8. The lowest BCUT2D eigenvalue weighted by Crippen LogP contribution is -2.34. The van der Waals surface area contributed by atoms with E-state index < -0.39 is 0 Å². The predicted octanol–water partition coefficient (Wildman–Crippen LogP) is 1.55. The molecule has 0 bridgehead atoms. The molecular weight excluding hydrogens is 268 g/mol. The highest BCUT2D eigenvalue weighted by atomic mass is 16.2. The standard InChI is InChI=1S/C15H24N4O2/c1-4-8-16-14-12(6-5-9-17-14)15(21)18-10-7-13(20)19-11(2)3/h5-6,9,11H,4,7-8,10H2,1-3H3,(H,16,17)(H,18,21)(H,19,20). The molecule has 2 amide bonds. The molecule has 21 heavy (non-hydrogen) atoms. The zero-order valence-corrected chi connectivity index (χ0v) is 12.9. The average molecular weight is 292 g/mol. The van der Waals surface area contributed by atoms with E-state index in [-0.39, 0.29) is 24.3 Å². The maximum absolute atomic E-state index is 12.1. The predicted molar refractivity (Wildman–Crippen MR) is 83.2 cm³/mol. The molecule has 6 nitrogen and oxygen atoms in total. The molecule has 0 aromatic carbocycles. The van der Waals surface area contributed by atoms with Crippen molar-refractivity contribution in [1.82, 2.24) is 15.6 Å². The molecule has 6 heteroatoms. The van der Waals surface area contributed by atoms with Crippen LogP contribution in [0.1, 0.15) is 44.0 Å². The van der Waals surface area contributed by atoms with Gasteiger partial charge in [-0.1, -0.05) is 6.92 Å². The summed E-state index contributed by atoms with van der Waals surface area (Å²) in [6.07, 6.45) is 2.86. The van der Waals surface area contributed by atoms with E-state index in [2.05, 4.69) is 20.9 Å². The second-order valence-corrected chi connectivity index (χ2v) is 5.05. The Morgan fingerprint density at radius 1 is 1.29 bits per heavy atom. The van der Waals surface area contributed by atoms with Gasteiger partial charge in [-0.3, -0.25) is 9.59 Å². The second-order valence-electron chi connectivity index (χ2n) is 5.05. The van der Waals surface area contributed by atoms with Gasteiger partial charge in [-0.25, -0.2) is 4.98 Å². The molecule has 0 saturated heterocycles. The summed E-state index contributed by atoms with van der Waals surface area (Å²) in [5.41, 5.74) is 0.496. The van der Waals surface area contributed by atoms with E-state index in [1.54, 1.807) is 18.3 Å². The third kappa shape index (κ3) is 6.25. The Morgan fingerprint density at radius 3 is 2.71 bits per heavy atom. The first-order valence-electron chi connectivity index (χ1n) is 7.31. The van der Waals surface area contributed by atoms with Crippen molar-refractivity contribution in [2.45, 2.75) is 39.7 Å². The van der Waals surface area contributed by atoms with Crippen LogP contribution in [0.5, 0.6) is 0 Å². The Hall–Kier alpha value is -2.11. The van der Waals surface area contributed by atoms with Crippen molar-refractivity contribution >= 4 is 17.6 Å². The van der Waals surface area contributed by atoms with E-state index >= 15 is 0 Å². The van der Waals surface area contributed by atoms with Crippen LogP contribution in [0.25, 0.3) is 0 Å². The van der Waals surface area contributed by atoms with Gasteiger partial charge in [0.15, 0.2) is 0 Å². The van der Waals surface area contributed by atoms with E-state index in [1.807, 2.05) is 20.8 Å². The quantitative estimate of drug-likeness (QED) is 0.679. The number of hydrogen-bond donors (Lipinski definition) is 3. The molecule has 0 aliphatic rings. The van der Waals surface area contributed by atoms with Gasteiger partial charge < -0.3 is 16.0 Å². The number of carbonyl (C=O) groups excluding carboxylic acids is 2. The second kappa shape index (κ2) is 8.94. The molecule has 0 aliphatic heterocycles. The van der Waals surface area contributed by atoms with E-state index in [0.29, 0.717) is 17.9 Å². The van der Waals surface area contributed by atoms with Gasteiger partial charge in [0.2, 0.25) is 5.91 Å². The van der Waals surface area contributed by atoms with Gasteiger partial charge in [0.25, 0.3) is 5.91 Å². The van der Waals surface area contributed by atoms with Crippen LogP contribution in [0.3, 0.4) is 0 Å². The molecule has 1 heterocycles. The van der Waals surface area contributed by atoms with Gasteiger partial charge in [-0.05, 0) is 32.4 Å². The maximum Gasteiger partial charge on any atom is 0.255 e. The van der Waals surface area contributed by atoms with Crippen molar-refractivity contribution in [2.75, 3.05) is 18.4 Å². The van der Waals surface area contributed by atoms with Crippen molar-refractivity contribution in [3.05, 3.63) is 23.9 Å². The monoisotopic (exact) mass is 292 g/mol. The number of carbonyl (C=O) groups is 2. The Balaban J connectivity index is 2.50. The van der Waals surface area contributed by atoms with Crippen LogP contribution in [0.2, 0.25) is 0 Å². The summed E-state index contributed by atoms with van der Waals surface area (Å²) in [5.74, 6) is 0.281. The Labute approximate surface area is 125 Å². The molecule has 1 rings (SSSR count). The number of anilines is 1. The first-order chi connectivity index (χ1) is 10.0. The number of nitrogens with one attached hydrogen (secondary N) is 3. The topological polar surface area (TPSA) is 83.1 Å². The van der Waals surface area contributed by atoms with Crippen molar-refractivity contribution in [2.24, 2.45) is 0 Å². The van der Waals surface area contributed by atoms with Crippen molar-refractivity contribution in [1.29, 1.82) is 0 Å². The van der Waals surface area contributed by atoms with Crippen LogP contribution >= 0.6 is 0 Å². The molecule has 116 valence electrons. The van der Waals surface area contributed by atoms with Crippen LogP contribution < -0.4 is 16.0 Å². The van der Waals surface area contributed by atoms with Gasteiger partial charge in [0.05, 0.1) is 5.56 Å².